The summed E-state index contributed by atoms with van der Waals surface area (Å²) >= 11 is 0. The molecule has 0 amide bonds. The lowest BCUT2D eigenvalue weighted by molar-refractivity contribution is 1.32. The van der Waals surface area contributed by atoms with Crippen LogP contribution in [-0.2, 0) is 0 Å². The monoisotopic (exact) mass is 249 g/mol. The van der Waals surface area contributed by atoms with Crippen molar-refractivity contribution < 1.29 is 0 Å². The SMILES string of the molecule is Cc1cc(C)c2c(C)c(-c3ccccc3)[nH]c2c1C. The van der Waals surface area contributed by atoms with Crippen LogP contribution in [-0.4, -0.2) is 4.98 Å². The molecule has 0 saturated heterocycles. The lowest BCUT2D eigenvalue weighted by Gasteiger charge is -2.05. The summed E-state index contributed by atoms with van der Waals surface area (Å²) in [5.41, 5.74) is 9.20. The van der Waals surface area contributed by atoms with E-state index in [1.54, 1.807) is 0 Å². The van der Waals surface area contributed by atoms with Crippen molar-refractivity contribution in [3.05, 3.63) is 58.7 Å². The molecule has 1 nitrogen and oxygen atoms in total. The van der Waals surface area contributed by atoms with Crippen LogP contribution in [0.3, 0.4) is 0 Å². The zero-order chi connectivity index (χ0) is 13.6. The Balaban J connectivity index is 2.38. The van der Waals surface area contributed by atoms with Crippen molar-refractivity contribution in [2.75, 3.05) is 0 Å². The van der Waals surface area contributed by atoms with E-state index in [0.29, 0.717) is 0 Å². The van der Waals surface area contributed by atoms with Crippen molar-refractivity contribution >= 4 is 10.9 Å². The van der Waals surface area contributed by atoms with E-state index in [9.17, 15) is 0 Å². The topological polar surface area (TPSA) is 15.8 Å². The van der Waals surface area contributed by atoms with Crippen molar-refractivity contribution in [1.82, 2.24) is 4.98 Å². The minimum absolute atomic E-state index is 1.24. The molecule has 0 unspecified atom stereocenters. The van der Waals surface area contributed by atoms with Crippen LogP contribution in [0.1, 0.15) is 22.3 Å². The number of benzene rings is 2. The summed E-state index contributed by atoms with van der Waals surface area (Å²) in [4.78, 5) is 3.63. The fraction of sp³-hybridized carbons (Fsp3) is 0.222. The van der Waals surface area contributed by atoms with Gasteiger partial charge in [-0.05, 0) is 55.5 Å². The molecule has 0 fully saturated rings. The third-order valence-electron chi connectivity index (χ3n) is 4.11. The Morgan fingerprint density at radius 2 is 1.47 bits per heavy atom. The first-order valence-corrected chi connectivity index (χ1v) is 6.74. The van der Waals surface area contributed by atoms with Gasteiger partial charge in [-0.1, -0.05) is 36.4 Å². The molecular formula is C18H19N. The molecule has 1 heteroatoms. The first-order chi connectivity index (χ1) is 9.09. The molecule has 0 bridgehead atoms. The second-order valence-electron chi connectivity index (χ2n) is 5.38. The second-order valence-corrected chi connectivity index (χ2v) is 5.38. The van der Waals surface area contributed by atoms with Crippen LogP contribution >= 0.6 is 0 Å². The zero-order valence-electron chi connectivity index (χ0n) is 12.0. The third kappa shape index (κ3) is 1.77. The van der Waals surface area contributed by atoms with Crippen LogP contribution in [0.25, 0.3) is 22.2 Å². The molecule has 96 valence electrons. The number of hydrogen-bond donors (Lipinski definition) is 1. The van der Waals surface area contributed by atoms with Crippen molar-refractivity contribution in [3.8, 4) is 11.3 Å². The summed E-state index contributed by atoms with van der Waals surface area (Å²) in [7, 11) is 0. The van der Waals surface area contributed by atoms with Crippen LogP contribution in [0.4, 0.5) is 0 Å². The molecule has 0 aliphatic carbocycles. The molecule has 19 heavy (non-hydrogen) atoms. The van der Waals surface area contributed by atoms with E-state index in [2.05, 4.69) is 69.1 Å². The Morgan fingerprint density at radius 3 is 2.16 bits per heavy atom. The fourth-order valence-electron chi connectivity index (χ4n) is 2.96. The van der Waals surface area contributed by atoms with Gasteiger partial charge in [0.15, 0.2) is 0 Å². The predicted octanol–water partition coefficient (Wildman–Crippen LogP) is 5.07. The molecule has 0 atom stereocenters. The van der Waals surface area contributed by atoms with E-state index in [1.165, 1.54) is 44.4 Å². The van der Waals surface area contributed by atoms with Gasteiger partial charge in [-0.25, -0.2) is 0 Å². The third-order valence-corrected chi connectivity index (χ3v) is 4.11. The molecule has 3 rings (SSSR count). The molecule has 1 N–H and O–H groups in total. The summed E-state index contributed by atoms with van der Waals surface area (Å²) in [6, 6.07) is 12.8. The molecule has 2 aromatic carbocycles. The maximum atomic E-state index is 3.63. The molecule has 0 aliphatic rings. The maximum Gasteiger partial charge on any atom is 0.0496 e. The van der Waals surface area contributed by atoms with Gasteiger partial charge in [-0.2, -0.15) is 0 Å². The van der Waals surface area contributed by atoms with Gasteiger partial charge in [0.25, 0.3) is 0 Å². The summed E-state index contributed by atoms with van der Waals surface area (Å²) in [6.45, 7) is 8.79. The van der Waals surface area contributed by atoms with Crippen LogP contribution in [0, 0.1) is 27.7 Å². The summed E-state index contributed by atoms with van der Waals surface area (Å²) in [5, 5.41) is 1.38. The summed E-state index contributed by atoms with van der Waals surface area (Å²) in [5.74, 6) is 0. The smallest absolute Gasteiger partial charge is 0.0496 e. The lowest BCUT2D eigenvalue weighted by atomic mass is 9.99. The quantitative estimate of drug-likeness (QED) is 0.620. The van der Waals surface area contributed by atoms with Crippen LogP contribution in [0.5, 0.6) is 0 Å². The van der Waals surface area contributed by atoms with Gasteiger partial charge in [0.05, 0.1) is 0 Å². The average molecular weight is 249 g/mol. The van der Waals surface area contributed by atoms with Crippen LogP contribution in [0.2, 0.25) is 0 Å². The van der Waals surface area contributed by atoms with Gasteiger partial charge in [0.1, 0.15) is 0 Å². The minimum Gasteiger partial charge on any atom is -0.354 e. The number of aromatic amines is 1. The Morgan fingerprint density at radius 1 is 0.789 bits per heavy atom. The van der Waals surface area contributed by atoms with E-state index >= 15 is 0 Å². The maximum absolute atomic E-state index is 3.63. The molecule has 1 heterocycles. The normalized spacial score (nSPS) is 11.2. The van der Waals surface area contributed by atoms with Gasteiger partial charge < -0.3 is 4.98 Å². The lowest BCUT2D eigenvalue weighted by Crippen LogP contribution is -1.86. The summed E-state index contributed by atoms with van der Waals surface area (Å²) < 4.78 is 0. The van der Waals surface area contributed by atoms with Crippen molar-refractivity contribution in [2.24, 2.45) is 0 Å². The van der Waals surface area contributed by atoms with Gasteiger partial charge in [0.2, 0.25) is 0 Å². The highest BCUT2D eigenvalue weighted by Crippen LogP contribution is 2.34. The van der Waals surface area contributed by atoms with E-state index in [-0.39, 0.29) is 0 Å². The van der Waals surface area contributed by atoms with Crippen molar-refractivity contribution in [2.45, 2.75) is 27.7 Å². The van der Waals surface area contributed by atoms with Gasteiger partial charge in [-0.3, -0.25) is 0 Å². The largest absolute Gasteiger partial charge is 0.354 e. The van der Waals surface area contributed by atoms with E-state index < -0.39 is 0 Å². The highest BCUT2D eigenvalue weighted by atomic mass is 14.7. The first-order valence-electron chi connectivity index (χ1n) is 6.74. The first kappa shape index (κ1) is 12.0. The average Bonchev–Trinajstić information content (AvgIpc) is 2.76. The standard InChI is InChI=1S/C18H19N/c1-11-10-12(2)16-14(4)17(19-18(16)13(11)3)15-8-6-5-7-9-15/h5-10,19H,1-4H3. The van der Waals surface area contributed by atoms with E-state index in [1.807, 2.05) is 0 Å². The van der Waals surface area contributed by atoms with Crippen molar-refractivity contribution in [1.29, 1.82) is 0 Å². The van der Waals surface area contributed by atoms with Crippen molar-refractivity contribution in [3.63, 3.8) is 0 Å². The number of nitrogens with one attached hydrogen (secondary N) is 1. The Kier molecular flexibility index (Phi) is 2.70. The van der Waals surface area contributed by atoms with E-state index in [0.717, 1.165) is 0 Å². The minimum atomic E-state index is 1.24. The Hall–Kier alpha value is -2.02. The van der Waals surface area contributed by atoms with Gasteiger partial charge in [-0.15, -0.1) is 0 Å². The molecular weight excluding hydrogens is 230 g/mol. The molecule has 0 radical (unpaired) electrons. The Bertz CT molecular complexity index is 748. The highest BCUT2D eigenvalue weighted by Gasteiger charge is 2.13. The predicted molar refractivity (Wildman–Crippen MR) is 82.7 cm³/mol. The second kappa shape index (κ2) is 4.27. The van der Waals surface area contributed by atoms with Crippen LogP contribution < -0.4 is 0 Å². The van der Waals surface area contributed by atoms with Gasteiger partial charge in [0, 0.05) is 16.6 Å². The molecule has 0 saturated carbocycles. The number of rotatable bonds is 1. The molecule has 0 spiro atoms. The number of aryl methyl sites for hydroxylation is 4. The molecule has 1 aromatic heterocycles. The number of H-pyrrole nitrogens is 1. The molecule has 3 aromatic rings. The summed E-state index contributed by atoms with van der Waals surface area (Å²) in [6.07, 6.45) is 0. The van der Waals surface area contributed by atoms with Gasteiger partial charge >= 0.3 is 0 Å². The zero-order valence-corrected chi connectivity index (χ0v) is 12.0. The van der Waals surface area contributed by atoms with Crippen LogP contribution in [0.15, 0.2) is 36.4 Å². The highest BCUT2D eigenvalue weighted by molar-refractivity contribution is 5.95. The Labute approximate surface area is 114 Å². The van der Waals surface area contributed by atoms with E-state index in [4.69, 9.17) is 0 Å². The molecule has 0 aliphatic heterocycles. The number of aromatic nitrogens is 1. The number of fused-ring (bicyclic) bond motifs is 1. The fourth-order valence-corrected chi connectivity index (χ4v) is 2.96. The number of hydrogen-bond acceptors (Lipinski definition) is 0.